The molecule has 1 saturated carbocycles. The first kappa shape index (κ1) is 22.6. The van der Waals surface area contributed by atoms with Crippen LogP contribution >= 0.6 is 0 Å². The summed E-state index contributed by atoms with van der Waals surface area (Å²) in [5.74, 6) is 2.74. The molecule has 3 heterocycles. The molecule has 1 aromatic heterocycles. The third-order valence-electron chi connectivity index (χ3n) is 7.03. The molecule has 174 valence electrons. The zero-order valence-electron chi connectivity index (χ0n) is 18.3. The van der Waals surface area contributed by atoms with E-state index in [1.165, 1.54) is 24.8 Å². The number of ether oxygens (including phenoxy) is 1. The molecule has 0 bridgehead atoms. The number of anilines is 1. The minimum absolute atomic E-state index is 0.183. The first-order valence-corrected chi connectivity index (χ1v) is 11.9. The quantitative estimate of drug-likeness (QED) is 0.619. The Morgan fingerprint density at radius 1 is 1.10 bits per heavy atom. The van der Waals surface area contributed by atoms with Crippen LogP contribution in [0.5, 0.6) is 5.75 Å². The largest absolute Gasteiger partial charge is 0.489 e. The van der Waals surface area contributed by atoms with Crippen LogP contribution in [-0.4, -0.2) is 68.0 Å². The van der Waals surface area contributed by atoms with E-state index in [2.05, 4.69) is 26.2 Å². The molecule has 4 rings (SSSR count). The topological polar surface area (TPSA) is 40.6 Å². The molecule has 0 unspecified atom stereocenters. The van der Waals surface area contributed by atoms with Crippen LogP contribution < -0.4 is 15.0 Å². The zero-order chi connectivity index (χ0) is 21.7. The molecular weight excluding hydrogens is 405 g/mol. The lowest BCUT2D eigenvalue weighted by molar-refractivity contribution is -0.135. The molecule has 0 atom stereocenters. The number of rotatable bonds is 8. The van der Waals surface area contributed by atoms with Gasteiger partial charge in [0, 0.05) is 56.8 Å². The van der Waals surface area contributed by atoms with Gasteiger partial charge < -0.3 is 15.0 Å². The van der Waals surface area contributed by atoms with Crippen LogP contribution in [0.15, 0.2) is 12.3 Å². The molecule has 1 saturated heterocycles. The molecule has 8 heteroatoms. The lowest BCUT2D eigenvalue weighted by Gasteiger charge is -2.37. The Hall–Kier alpha value is -1.54. The smallest absolute Gasteiger partial charge is 0.389 e. The van der Waals surface area contributed by atoms with Crippen molar-refractivity contribution >= 4 is 5.82 Å². The van der Waals surface area contributed by atoms with Gasteiger partial charge in [-0.05, 0) is 63.6 Å². The molecule has 1 aliphatic carbocycles. The molecule has 0 radical (unpaired) electrons. The maximum Gasteiger partial charge on any atom is 0.389 e. The standard InChI is InChI=1S/C23H35F3N4O/c24-23(25,26)9-1-10-27-20-4-2-18(3-5-20)7-12-29-13-15-30(16-14-29)22-21-19(6-11-28-22)8-17-31-21/h6,11,18,20,27H,1-5,7-10,12-17H2. The number of nitrogens with one attached hydrogen (secondary N) is 1. The molecular formula is C23H35F3N4O. The fourth-order valence-electron chi connectivity index (χ4n) is 5.12. The number of piperazine rings is 1. The summed E-state index contributed by atoms with van der Waals surface area (Å²) in [6.07, 6.45) is 4.14. The van der Waals surface area contributed by atoms with Gasteiger partial charge in [0.05, 0.1) is 6.61 Å². The predicted molar refractivity (Wildman–Crippen MR) is 116 cm³/mol. The average molecular weight is 441 g/mol. The van der Waals surface area contributed by atoms with Gasteiger partial charge in [0.1, 0.15) is 0 Å². The van der Waals surface area contributed by atoms with E-state index >= 15 is 0 Å². The molecule has 31 heavy (non-hydrogen) atoms. The van der Waals surface area contributed by atoms with E-state index in [0.717, 1.165) is 76.1 Å². The summed E-state index contributed by atoms with van der Waals surface area (Å²) in [5, 5.41) is 3.33. The van der Waals surface area contributed by atoms with Crippen molar-refractivity contribution in [1.82, 2.24) is 15.2 Å². The van der Waals surface area contributed by atoms with Gasteiger partial charge in [-0.3, -0.25) is 4.90 Å². The summed E-state index contributed by atoms with van der Waals surface area (Å²) in [4.78, 5) is 9.50. The molecule has 0 spiro atoms. The number of pyridine rings is 1. The highest BCUT2D eigenvalue weighted by atomic mass is 19.4. The first-order valence-electron chi connectivity index (χ1n) is 11.9. The Kier molecular flexibility index (Phi) is 7.59. The summed E-state index contributed by atoms with van der Waals surface area (Å²) in [5.41, 5.74) is 1.28. The Balaban J connectivity index is 1.11. The zero-order valence-corrected chi connectivity index (χ0v) is 18.3. The van der Waals surface area contributed by atoms with E-state index in [9.17, 15) is 13.2 Å². The average Bonchev–Trinajstić information content (AvgIpc) is 3.25. The fraction of sp³-hybridized carbons (Fsp3) is 0.783. The molecule has 2 aliphatic heterocycles. The number of aromatic nitrogens is 1. The number of halogens is 3. The van der Waals surface area contributed by atoms with Crippen LogP contribution in [0.3, 0.4) is 0 Å². The summed E-state index contributed by atoms with van der Waals surface area (Å²) in [7, 11) is 0. The van der Waals surface area contributed by atoms with Gasteiger partial charge in [0.25, 0.3) is 0 Å². The third kappa shape index (κ3) is 6.48. The molecule has 0 amide bonds. The van der Waals surface area contributed by atoms with Crippen LogP contribution in [0.2, 0.25) is 0 Å². The Labute approximate surface area is 183 Å². The van der Waals surface area contributed by atoms with Gasteiger partial charge in [-0.15, -0.1) is 0 Å². The fourth-order valence-corrected chi connectivity index (χ4v) is 5.12. The number of nitrogens with zero attached hydrogens (tertiary/aromatic N) is 3. The van der Waals surface area contributed by atoms with E-state index < -0.39 is 12.6 Å². The Morgan fingerprint density at radius 3 is 2.61 bits per heavy atom. The molecule has 3 aliphatic rings. The summed E-state index contributed by atoms with van der Waals surface area (Å²) in [6, 6.07) is 2.46. The van der Waals surface area contributed by atoms with E-state index in [4.69, 9.17) is 4.74 Å². The highest BCUT2D eigenvalue weighted by molar-refractivity contribution is 5.58. The third-order valence-corrected chi connectivity index (χ3v) is 7.03. The summed E-state index contributed by atoms with van der Waals surface area (Å²) in [6.45, 7) is 6.47. The van der Waals surface area contributed by atoms with E-state index in [-0.39, 0.29) is 6.42 Å². The van der Waals surface area contributed by atoms with Gasteiger partial charge in [-0.1, -0.05) is 0 Å². The second-order valence-corrected chi connectivity index (χ2v) is 9.23. The molecule has 0 aromatic carbocycles. The van der Waals surface area contributed by atoms with Gasteiger partial charge in [0.2, 0.25) is 0 Å². The Morgan fingerprint density at radius 2 is 1.87 bits per heavy atom. The molecule has 5 nitrogen and oxygen atoms in total. The molecule has 2 fully saturated rings. The Bertz CT molecular complexity index is 699. The number of fused-ring (bicyclic) bond motifs is 1. The first-order chi connectivity index (χ1) is 15.0. The van der Waals surface area contributed by atoms with Crippen LogP contribution in [-0.2, 0) is 6.42 Å². The highest BCUT2D eigenvalue weighted by Gasteiger charge is 2.28. The van der Waals surface area contributed by atoms with Gasteiger partial charge >= 0.3 is 6.18 Å². The van der Waals surface area contributed by atoms with Crippen molar-refractivity contribution in [1.29, 1.82) is 0 Å². The highest BCUT2D eigenvalue weighted by Crippen LogP contribution is 2.34. The van der Waals surface area contributed by atoms with Crippen molar-refractivity contribution in [2.45, 2.75) is 63.6 Å². The van der Waals surface area contributed by atoms with Crippen LogP contribution in [0.4, 0.5) is 19.0 Å². The SMILES string of the molecule is FC(F)(F)CCCNC1CCC(CCN2CCN(c3nccc4c3OCC4)CC2)CC1. The van der Waals surface area contributed by atoms with Gasteiger partial charge in [0.15, 0.2) is 11.6 Å². The van der Waals surface area contributed by atoms with Crippen molar-refractivity contribution in [3.63, 3.8) is 0 Å². The predicted octanol–water partition coefficient (Wildman–Crippen LogP) is 4.02. The van der Waals surface area contributed by atoms with Crippen molar-refractivity contribution in [2.24, 2.45) is 5.92 Å². The lowest BCUT2D eigenvalue weighted by atomic mass is 9.84. The van der Waals surface area contributed by atoms with Crippen molar-refractivity contribution in [3.05, 3.63) is 17.8 Å². The van der Waals surface area contributed by atoms with Crippen LogP contribution in [0.25, 0.3) is 0 Å². The summed E-state index contributed by atoms with van der Waals surface area (Å²) >= 11 is 0. The molecule has 1 N–H and O–H groups in total. The number of hydrogen-bond acceptors (Lipinski definition) is 5. The van der Waals surface area contributed by atoms with Crippen LogP contribution in [0, 0.1) is 5.92 Å². The summed E-state index contributed by atoms with van der Waals surface area (Å²) < 4.78 is 42.5. The van der Waals surface area contributed by atoms with E-state index in [1.54, 1.807) is 0 Å². The number of hydrogen-bond donors (Lipinski definition) is 1. The minimum atomic E-state index is -4.03. The second-order valence-electron chi connectivity index (χ2n) is 9.23. The number of alkyl halides is 3. The minimum Gasteiger partial charge on any atom is -0.489 e. The van der Waals surface area contributed by atoms with Crippen LogP contribution in [0.1, 0.15) is 50.5 Å². The van der Waals surface area contributed by atoms with Crippen molar-refractivity contribution in [2.75, 3.05) is 50.8 Å². The van der Waals surface area contributed by atoms with Gasteiger partial charge in [-0.25, -0.2) is 4.98 Å². The van der Waals surface area contributed by atoms with E-state index in [1.807, 2.05) is 6.20 Å². The maximum atomic E-state index is 12.2. The maximum absolute atomic E-state index is 12.2. The lowest BCUT2D eigenvalue weighted by Crippen LogP contribution is -2.47. The normalized spacial score (nSPS) is 24.8. The van der Waals surface area contributed by atoms with E-state index in [0.29, 0.717) is 12.6 Å². The second kappa shape index (κ2) is 10.4. The van der Waals surface area contributed by atoms with Gasteiger partial charge in [-0.2, -0.15) is 13.2 Å². The van der Waals surface area contributed by atoms with Crippen molar-refractivity contribution in [3.8, 4) is 5.75 Å². The monoisotopic (exact) mass is 440 g/mol. The van der Waals surface area contributed by atoms with Crippen molar-refractivity contribution < 1.29 is 17.9 Å². The molecule has 1 aromatic rings.